The van der Waals surface area contributed by atoms with Crippen molar-refractivity contribution in [3.63, 3.8) is 0 Å². The van der Waals surface area contributed by atoms with Crippen molar-refractivity contribution in [3.8, 4) is 11.4 Å². The van der Waals surface area contributed by atoms with Crippen LogP contribution in [0.25, 0.3) is 22.4 Å². The zero-order chi connectivity index (χ0) is 26.9. The van der Waals surface area contributed by atoms with Crippen LogP contribution in [0.5, 0.6) is 0 Å². The van der Waals surface area contributed by atoms with Crippen molar-refractivity contribution in [2.75, 3.05) is 17.3 Å². The number of benzene rings is 1. The first-order valence-electron chi connectivity index (χ1n) is 12.1. The van der Waals surface area contributed by atoms with Crippen molar-refractivity contribution in [1.29, 1.82) is 0 Å². The molecule has 0 bridgehead atoms. The monoisotopic (exact) mass is 575 g/mol. The standard InChI is InChI=1S/C26H27ClFN5O3S2/c1-37-16-26(34)9-5-8-19(11-26)31-24-22(28)13-29-23(32-24)21-14-33(25-20(21)10-18(27)12-30-25)38(35,36)15-17-6-3-2-4-7-17/h2-4,6-7,10,12-14,19,34H,5,8-9,11,15-16H2,1H3,(H,29,31,32)/t19-,26+/m0/s1. The lowest BCUT2D eigenvalue weighted by Gasteiger charge is -2.37. The topological polar surface area (TPSA) is 110 Å². The molecule has 0 amide bonds. The van der Waals surface area contributed by atoms with Crippen molar-refractivity contribution in [1.82, 2.24) is 18.9 Å². The van der Waals surface area contributed by atoms with Gasteiger partial charge in [0.05, 0.1) is 22.6 Å². The van der Waals surface area contributed by atoms with Crippen molar-refractivity contribution >= 4 is 50.2 Å². The lowest BCUT2D eigenvalue weighted by molar-refractivity contribution is 0.0229. The van der Waals surface area contributed by atoms with E-state index in [1.165, 1.54) is 12.4 Å². The highest BCUT2D eigenvalue weighted by atomic mass is 35.5. The Hall–Kier alpha value is -2.73. The molecule has 3 heterocycles. The number of aliphatic hydroxyl groups is 1. The first-order chi connectivity index (χ1) is 18.2. The average Bonchev–Trinajstić information content (AvgIpc) is 3.25. The van der Waals surface area contributed by atoms with Gasteiger partial charge in [-0.25, -0.2) is 31.7 Å². The number of thioether (sulfide) groups is 1. The summed E-state index contributed by atoms with van der Waals surface area (Å²) in [4.78, 5) is 12.9. The van der Waals surface area contributed by atoms with Crippen LogP contribution in [0.1, 0.15) is 31.2 Å². The molecule has 2 atom stereocenters. The van der Waals surface area contributed by atoms with Crippen LogP contribution in [0, 0.1) is 5.82 Å². The van der Waals surface area contributed by atoms with Gasteiger partial charge in [0.2, 0.25) is 10.0 Å². The summed E-state index contributed by atoms with van der Waals surface area (Å²) >= 11 is 7.79. The van der Waals surface area contributed by atoms with Gasteiger partial charge in [0.1, 0.15) is 0 Å². The fourth-order valence-electron chi connectivity index (χ4n) is 4.95. The second-order valence-electron chi connectivity index (χ2n) is 9.59. The predicted molar refractivity (Wildman–Crippen MR) is 149 cm³/mol. The third-order valence-corrected chi connectivity index (χ3v) is 9.24. The molecule has 0 aliphatic heterocycles. The van der Waals surface area contributed by atoms with Crippen LogP contribution in [-0.2, 0) is 15.8 Å². The molecule has 1 fully saturated rings. The van der Waals surface area contributed by atoms with E-state index in [9.17, 15) is 17.9 Å². The second kappa shape index (κ2) is 10.8. The van der Waals surface area contributed by atoms with Crippen LogP contribution in [-0.4, -0.2) is 56.1 Å². The minimum Gasteiger partial charge on any atom is -0.389 e. The van der Waals surface area contributed by atoms with Crippen molar-refractivity contribution in [2.24, 2.45) is 0 Å². The number of hydrogen-bond donors (Lipinski definition) is 2. The Morgan fingerprint density at radius 1 is 1.26 bits per heavy atom. The average molecular weight is 576 g/mol. The van der Waals surface area contributed by atoms with Gasteiger partial charge in [-0.3, -0.25) is 0 Å². The van der Waals surface area contributed by atoms with E-state index in [2.05, 4.69) is 20.3 Å². The van der Waals surface area contributed by atoms with Crippen molar-refractivity contribution < 1.29 is 17.9 Å². The summed E-state index contributed by atoms with van der Waals surface area (Å²) < 4.78 is 42.7. The quantitative estimate of drug-likeness (QED) is 0.298. The molecule has 4 aromatic rings. The number of rotatable bonds is 8. The first-order valence-corrected chi connectivity index (χ1v) is 15.5. The van der Waals surface area contributed by atoms with Gasteiger partial charge in [-0.05, 0) is 43.6 Å². The molecule has 3 aromatic heterocycles. The van der Waals surface area contributed by atoms with Crippen LogP contribution in [0.3, 0.4) is 0 Å². The molecular formula is C26H27ClFN5O3S2. The zero-order valence-corrected chi connectivity index (χ0v) is 23.0. The van der Waals surface area contributed by atoms with E-state index in [0.717, 1.165) is 23.0 Å². The van der Waals surface area contributed by atoms with E-state index in [1.807, 2.05) is 12.3 Å². The number of fused-ring (bicyclic) bond motifs is 1. The highest BCUT2D eigenvalue weighted by Crippen LogP contribution is 2.34. The third-order valence-electron chi connectivity index (χ3n) is 6.63. The lowest BCUT2D eigenvalue weighted by atomic mass is 9.83. The molecule has 0 saturated heterocycles. The molecule has 0 spiro atoms. The molecule has 1 aliphatic carbocycles. The number of aromatic nitrogens is 4. The largest absolute Gasteiger partial charge is 0.389 e. The molecule has 1 aliphatic rings. The first kappa shape index (κ1) is 26.9. The Labute approximate surface area is 229 Å². The predicted octanol–water partition coefficient (Wildman–Crippen LogP) is 5.11. The van der Waals surface area contributed by atoms with Crippen LogP contribution < -0.4 is 5.32 Å². The second-order valence-corrected chi connectivity index (χ2v) is 12.7. The molecule has 5 rings (SSSR count). The van der Waals surface area contributed by atoms with Gasteiger partial charge in [0.25, 0.3) is 0 Å². The molecule has 1 aromatic carbocycles. The molecule has 12 heteroatoms. The molecular weight excluding hydrogens is 549 g/mol. The van der Waals surface area contributed by atoms with Gasteiger partial charge in [0.15, 0.2) is 23.1 Å². The van der Waals surface area contributed by atoms with E-state index in [-0.39, 0.29) is 29.1 Å². The van der Waals surface area contributed by atoms with Gasteiger partial charge in [0, 0.05) is 35.1 Å². The maximum absolute atomic E-state index is 14.8. The highest BCUT2D eigenvalue weighted by Gasteiger charge is 2.34. The number of hydrogen-bond acceptors (Lipinski definition) is 8. The summed E-state index contributed by atoms with van der Waals surface area (Å²) in [6.45, 7) is 0. The number of nitrogens with zero attached hydrogens (tertiary/aromatic N) is 4. The maximum Gasteiger partial charge on any atom is 0.244 e. The molecule has 0 radical (unpaired) electrons. The van der Waals surface area contributed by atoms with Crippen LogP contribution >= 0.6 is 23.4 Å². The highest BCUT2D eigenvalue weighted by molar-refractivity contribution is 7.98. The van der Waals surface area contributed by atoms with Gasteiger partial charge < -0.3 is 10.4 Å². The Bertz CT molecular complexity index is 1560. The Morgan fingerprint density at radius 2 is 2.05 bits per heavy atom. The Kier molecular flexibility index (Phi) is 7.63. The maximum atomic E-state index is 14.8. The number of halogens is 2. The van der Waals surface area contributed by atoms with Gasteiger partial charge in [-0.1, -0.05) is 41.9 Å². The Balaban J connectivity index is 1.52. The summed E-state index contributed by atoms with van der Waals surface area (Å²) in [5.74, 6) is -0.139. The molecule has 200 valence electrons. The van der Waals surface area contributed by atoms with Crippen LogP contribution in [0.15, 0.2) is 55.0 Å². The summed E-state index contributed by atoms with van der Waals surface area (Å²) in [7, 11) is -3.86. The fourth-order valence-corrected chi connectivity index (χ4v) is 7.34. The zero-order valence-electron chi connectivity index (χ0n) is 20.6. The van der Waals surface area contributed by atoms with Gasteiger partial charge in [-0.15, -0.1) is 0 Å². The molecule has 38 heavy (non-hydrogen) atoms. The number of pyridine rings is 1. The summed E-state index contributed by atoms with van der Waals surface area (Å²) in [5, 5.41) is 14.8. The van der Waals surface area contributed by atoms with E-state index in [0.29, 0.717) is 40.1 Å². The minimum absolute atomic E-state index is 0.00330. The van der Waals surface area contributed by atoms with Crippen molar-refractivity contribution in [2.45, 2.75) is 43.1 Å². The van der Waals surface area contributed by atoms with E-state index >= 15 is 0 Å². The van der Waals surface area contributed by atoms with E-state index in [1.54, 1.807) is 42.1 Å². The normalized spacial score (nSPS) is 20.1. The summed E-state index contributed by atoms with van der Waals surface area (Å²) in [5.41, 5.74) is 0.350. The lowest BCUT2D eigenvalue weighted by Crippen LogP contribution is -2.42. The van der Waals surface area contributed by atoms with Crippen molar-refractivity contribution in [3.05, 3.63) is 71.4 Å². The van der Waals surface area contributed by atoms with E-state index < -0.39 is 21.4 Å². The smallest absolute Gasteiger partial charge is 0.244 e. The fraction of sp³-hybridized carbons (Fsp3) is 0.346. The van der Waals surface area contributed by atoms with Crippen LogP contribution in [0.2, 0.25) is 5.02 Å². The summed E-state index contributed by atoms with van der Waals surface area (Å²) in [6, 6.07) is 10.3. The molecule has 1 saturated carbocycles. The molecule has 0 unspecified atom stereocenters. The van der Waals surface area contributed by atoms with Gasteiger partial charge >= 0.3 is 0 Å². The molecule has 8 nitrogen and oxygen atoms in total. The van der Waals surface area contributed by atoms with E-state index in [4.69, 9.17) is 11.6 Å². The molecule has 2 N–H and O–H groups in total. The van der Waals surface area contributed by atoms with Gasteiger partial charge in [-0.2, -0.15) is 11.8 Å². The Morgan fingerprint density at radius 3 is 2.82 bits per heavy atom. The SMILES string of the molecule is CSC[C@@]1(O)CCC[C@H](Nc2nc(-c3cn(S(=O)(=O)Cc4ccccc4)c4ncc(Cl)cc34)ncc2F)C1. The number of nitrogens with one attached hydrogen (secondary N) is 1. The summed E-state index contributed by atoms with van der Waals surface area (Å²) in [6.07, 6.45) is 8.54. The number of anilines is 1. The third kappa shape index (κ3) is 5.66. The van der Waals surface area contributed by atoms with Crippen LogP contribution in [0.4, 0.5) is 10.2 Å². The minimum atomic E-state index is -3.86.